The van der Waals surface area contributed by atoms with E-state index in [2.05, 4.69) is 14.9 Å². The van der Waals surface area contributed by atoms with Crippen molar-refractivity contribution in [1.29, 1.82) is 0 Å². The number of halogens is 3. The van der Waals surface area contributed by atoms with Gasteiger partial charge in [0.05, 0.1) is 13.2 Å². The van der Waals surface area contributed by atoms with Crippen LogP contribution in [0.5, 0.6) is 5.75 Å². The Morgan fingerprint density at radius 3 is 2.30 bits per heavy atom. The van der Waals surface area contributed by atoms with Gasteiger partial charge in [-0.25, -0.2) is 0 Å². The van der Waals surface area contributed by atoms with E-state index in [9.17, 15) is 18.0 Å². The molecule has 1 aromatic heterocycles. The number of carbonyl (C=O) groups is 1. The summed E-state index contributed by atoms with van der Waals surface area (Å²) in [4.78, 5) is 16.2. The molecule has 0 bridgehead atoms. The number of aromatic nitrogens is 2. The lowest BCUT2D eigenvalue weighted by Gasteiger charge is -2.39. The minimum Gasteiger partial charge on any atom is -0.406 e. The number of hydrogen-bond donors (Lipinski definition) is 1. The second-order valence-electron chi connectivity index (χ2n) is 6.42. The number of carbonyl (C=O) groups excluding carboxylic acids is 1. The van der Waals surface area contributed by atoms with Crippen LogP contribution in [0, 0.1) is 0 Å². The summed E-state index contributed by atoms with van der Waals surface area (Å²) in [6, 6.07) is 4.86. The Bertz CT molecular complexity index is 823. The molecule has 3 rings (SSSR count). The predicted octanol–water partition coefficient (Wildman–Crippen LogP) is 2.14. The first-order valence-electron chi connectivity index (χ1n) is 7.79. The molecule has 1 aromatic carbocycles. The summed E-state index contributed by atoms with van der Waals surface area (Å²) in [5, 5.41) is 3.76. The third-order valence-corrected chi connectivity index (χ3v) is 3.99. The molecule has 0 saturated carbocycles. The lowest BCUT2D eigenvalue weighted by molar-refractivity contribution is -0.274. The van der Waals surface area contributed by atoms with Crippen LogP contribution >= 0.6 is 0 Å². The van der Waals surface area contributed by atoms with Crippen molar-refractivity contribution < 1.29 is 36.7 Å². The van der Waals surface area contributed by atoms with Gasteiger partial charge in [-0.1, -0.05) is 5.16 Å². The van der Waals surface area contributed by atoms with Gasteiger partial charge in [-0.15, -0.1) is 13.2 Å². The zero-order chi connectivity index (χ0) is 19.9. The van der Waals surface area contributed by atoms with Crippen LogP contribution in [0.3, 0.4) is 0 Å². The number of nitrogens with two attached hydrogens (primary N) is 1. The molecule has 1 fully saturated rings. The molecule has 1 saturated heterocycles. The molecule has 0 unspecified atom stereocenters. The summed E-state index contributed by atoms with van der Waals surface area (Å²) in [5.41, 5.74) is 4.40. The number of primary amides is 1. The molecule has 11 heteroatoms. The number of benzene rings is 1. The number of hydrogen-bond acceptors (Lipinski definition) is 7. The molecule has 0 spiro atoms. The summed E-state index contributed by atoms with van der Waals surface area (Å²) in [6.07, 6.45) is -4.79. The molecular weight excluding hydrogens is 371 g/mol. The molecule has 1 aliphatic rings. The van der Waals surface area contributed by atoms with Crippen LogP contribution < -0.4 is 10.5 Å². The second-order valence-corrected chi connectivity index (χ2v) is 6.42. The first kappa shape index (κ1) is 19.1. The van der Waals surface area contributed by atoms with E-state index in [1.165, 1.54) is 12.1 Å². The van der Waals surface area contributed by atoms with Crippen LogP contribution in [0.15, 0.2) is 28.8 Å². The Kier molecular flexibility index (Phi) is 4.60. The van der Waals surface area contributed by atoms with Crippen LogP contribution in [-0.4, -0.2) is 41.4 Å². The van der Waals surface area contributed by atoms with E-state index < -0.39 is 23.5 Å². The standard InChI is InChI=1S/C16H16F3N3O5/c1-14(2)24-7-15(8-25-14,12(20)23)13-21-11(22-27-13)9-3-5-10(6-4-9)26-16(17,18)19/h3-6H,7-8H2,1-2H3,(H2,20,23). The van der Waals surface area contributed by atoms with Crippen molar-refractivity contribution in [2.45, 2.75) is 31.4 Å². The SMILES string of the molecule is CC1(C)OCC(C(N)=O)(c2nc(-c3ccc(OC(F)(F)F)cc3)no2)CO1. The highest BCUT2D eigenvalue weighted by atomic mass is 19.4. The van der Waals surface area contributed by atoms with E-state index in [1.807, 2.05) is 0 Å². The number of alkyl halides is 3. The van der Waals surface area contributed by atoms with Crippen LogP contribution in [-0.2, 0) is 19.7 Å². The van der Waals surface area contributed by atoms with E-state index in [4.69, 9.17) is 19.7 Å². The zero-order valence-corrected chi connectivity index (χ0v) is 14.4. The van der Waals surface area contributed by atoms with Crippen LogP contribution in [0.2, 0.25) is 0 Å². The third kappa shape index (κ3) is 4.03. The van der Waals surface area contributed by atoms with Crippen LogP contribution in [0.25, 0.3) is 11.4 Å². The molecule has 2 aromatic rings. The van der Waals surface area contributed by atoms with E-state index in [1.54, 1.807) is 13.8 Å². The Morgan fingerprint density at radius 2 is 1.78 bits per heavy atom. The highest BCUT2D eigenvalue weighted by Crippen LogP contribution is 2.33. The molecule has 146 valence electrons. The Morgan fingerprint density at radius 1 is 1.19 bits per heavy atom. The highest BCUT2D eigenvalue weighted by Gasteiger charge is 2.50. The maximum absolute atomic E-state index is 12.2. The number of nitrogens with zero attached hydrogens (tertiary/aromatic N) is 2. The first-order valence-corrected chi connectivity index (χ1v) is 7.79. The van der Waals surface area contributed by atoms with Gasteiger partial charge in [0.15, 0.2) is 11.2 Å². The van der Waals surface area contributed by atoms with E-state index in [0.717, 1.165) is 12.1 Å². The van der Waals surface area contributed by atoms with Gasteiger partial charge in [-0.3, -0.25) is 4.79 Å². The molecular formula is C16H16F3N3O5. The van der Waals surface area contributed by atoms with Crippen molar-refractivity contribution in [3.05, 3.63) is 30.2 Å². The average Bonchev–Trinajstić information content (AvgIpc) is 3.04. The third-order valence-electron chi connectivity index (χ3n) is 3.99. The summed E-state index contributed by atoms with van der Waals surface area (Å²) >= 11 is 0. The highest BCUT2D eigenvalue weighted by molar-refractivity contribution is 5.86. The molecule has 0 radical (unpaired) electrons. The fourth-order valence-corrected chi connectivity index (χ4v) is 2.39. The van der Waals surface area contributed by atoms with Gasteiger partial charge in [0, 0.05) is 5.56 Å². The summed E-state index contributed by atoms with van der Waals surface area (Å²) in [6.45, 7) is 3.13. The fourth-order valence-electron chi connectivity index (χ4n) is 2.39. The van der Waals surface area contributed by atoms with Gasteiger partial charge in [-0.2, -0.15) is 4.98 Å². The van der Waals surface area contributed by atoms with Gasteiger partial charge < -0.3 is 24.5 Å². The molecule has 1 amide bonds. The van der Waals surface area contributed by atoms with Crippen molar-refractivity contribution >= 4 is 5.91 Å². The van der Waals surface area contributed by atoms with E-state index in [0.29, 0.717) is 5.56 Å². The Hall–Kier alpha value is -2.66. The quantitative estimate of drug-likeness (QED) is 0.856. The number of rotatable bonds is 4. The van der Waals surface area contributed by atoms with Crippen molar-refractivity contribution in [1.82, 2.24) is 10.1 Å². The fraction of sp³-hybridized carbons (Fsp3) is 0.438. The lowest BCUT2D eigenvalue weighted by atomic mass is 9.87. The summed E-state index contributed by atoms with van der Waals surface area (Å²) in [7, 11) is 0. The molecule has 0 atom stereocenters. The largest absolute Gasteiger partial charge is 0.573 e. The minimum atomic E-state index is -4.79. The first-order chi connectivity index (χ1) is 12.5. The smallest absolute Gasteiger partial charge is 0.406 e. The zero-order valence-electron chi connectivity index (χ0n) is 14.4. The molecule has 1 aliphatic heterocycles. The molecule has 2 N–H and O–H groups in total. The van der Waals surface area contributed by atoms with Gasteiger partial charge in [-0.05, 0) is 38.1 Å². The normalized spacial score (nSPS) is 18.9. The molecule has 0 aliphatic carbocycles. The van der Waals surface area contributed by atoms with Crippen molar-refractivity contribution in [2.75, 3.05) is 13.2 Å². The van der Waals surface area contributed by atoms with Gasteiger partial charge in [0.25, 0.3) is 0 Å². The number of ether oxygens (including phenoxy) is 3. The molecule has 2 heterocycles. The van der Waals surface area contributed by atoms with Crippen molar-refractivity contribution in [3.63, 3.8) is 0 Å². The van der Waals surface area contributed by atoms with Gasteiger partial charge >= 0.3 is 6.36 Å². The maximum Gasteiger partial charge on any atom is 0.573 e. The van der Waals surface area contributed by atoms with Gasteiger partial charge in [0.2, 0.25) is 17.6 Å². The maximum atomic E-state index is 12.2. The Labute approximate surface area is 151 Å². The van der Waals surface area contributed by atoms with Crippen molar-refractivity contribution in [3.8, 4) is 17.1 Å². The van der Waals surface area contributed by atoms with Gasteiger partial charge in [0.1, 0.15) is 5.75 Å². The second kappa shape index (κ2) is 6.50. The molecule has 8 nitrogen and oxygen atoms in total. The Balaban J connectivity index is 1.84. The monoisotopic (exact) mass is 387 g/mol. The van der Waals surface area contributed by atoms with E-state index in [-0.39, 0.29) is 30.7 Å². The van der Waals surface area contributed by atoms with Crippen molar-refractivity contribution in [2.24, 2.45) is 5.73 Å². The number of amides is 1. The minimum absolute atomic E-state index is 0.0639. The molecule has 27 heavy (non-hydrogen) atoms. The average molecular weight is 387 g/mol. The lowest BCUT2D eigenvalue weighted by Crippen LogP contribution is -2.56. The van der Waals surface area contributed by atoms with E-state index >= 15 is 0 Å². The summed E-state index contributed by atoms with van der Waals surface area (Å²) in [5.74, 6) is -2.08. The van der Waals surface area contributed by atoms with Crippen LogP contribution in [0.1, 0.15) is 19.7 Å². The topological polar surface area (TPSA) is 110 Å². The van der Waals surface area contributed by atoms with Crippen LogP contribution in [0.4, 0.5) is 13.2 Å². The summed E-state index contributed by atoms with van der Waals surface area (Å²) < 4.78 is 56.6. The predicted molar refractivity (Wildman–Crippen MR) is 83.3 cm³/mol.